The van der Waals surface area contributed by atoms with E-state index < -0.39 is 15.9 Å². The molecule has 4 rings (SSSR count). The van der Waals surface area contributed by atoms with Crippen LogP contribution in [0.15, 0.2) is 23.1 Å². The summed E-state index contributed by atoms with van der Waals surface area (Å²) in [6.45, 7) is 2.13. The minimum Gasteiger partial charge on any atom is -0.349 e. The average Bonchev–Trinajstić information content (AvgIpc) is 3.38. The molecule has 3 aliphatic rings. The molecule has 0 bridgehead atoms. The second-order valence-electron chi connectivity index (χ2n) is 7.39. The van der Waals surface area contributed by atoms with Crippen LogP contribution in [0.4, 0.5) is 0 Å². The summed E-state index contributed by atoms with van der Waals surface area (Å²) in [4.78, 5) is 24.9. The van der Waals surface area contributed by atoms with E-state index in [1.807, 2.05) is 0 Å². The molecule has 6 nitrogen and oxygen atoms in total. The molecule has 0 saturated heterocycles. The molecule has 25 heavy (non-hydrogen) atoms. The van der Waals surface area contributed by atoms with Crippen LogP contribution in [0.5, 0.6) is 0 Å². The van der Waals surface area contributed by atoms with Gasteiger partial charge in [-0.1, -0.05) is 19.8 Å². The normalized spacial score (nSPS) is 27.9. The van der Waals surface area contributed by atoms with Gasteiger partial charge >= 0.3 is 0 Å². The first-order chi connectivity index (χ1) is 11.9. The third kappa shape index (κ3) is 2.74. The number of carbonyl (C=O) groups is 2. The Hall–Kier alpha value is -1.89. The maximum Gasteiger partial charge on any atom is 0.269 e. The summed E-state index contributed by atoms with van der Waals surface area (Å²) in [6, 6.07) is 4.27. The highest BCUT2D eigenvalue weighted by Gasteiger charge is 2.48. The molecule has 0 aromatic heterocycles. The van der Waals surface area contributed by atoms with E-state index in [2.05, 4.69) is 12.2 Å². The zero-order chi connectivity index (χ0) is 17.8. The Balaban J connectivity index is 1.61. The van der Waals surface area contributed by atoms with Gasteiger partial charge in [0, 0.05) is 17.6 Å². The van der Waals surface area contributed by atoms with E-state index in [-0.39, 0.29) is 28.4 Å². The lowest BCUT2D eigenvalue weighted by atomic mass is 9.86. The SMILES string of the molecule is CC1CCCCC1NC(=O)c1ccc2c(c1)S(=O)(=O)N(C1CC1)C2=O. The number of benzene rings is 1. The summed E-state index contributed by atoms with van der Waals surface area (Å²) in [5.74, 6) is -0.317. The van der Waals surface area contributed by atoms with E-state index in [1.165, 1.54) is 18.6 Å². The average molecular weight is 362 g/mol. The quantitative estimate of drug-likeness (QED) is 0.894. The number of sulfonamides is 1. The zero-order valence-corrected chi connectivity index (χ0v) is 15.0. The predicted molar refractivity (Wildman–Crippen MR) is 91.7 cm³/mol. The minimum atomic E-state index is -3.83. The van der Waals surface area contributed by atoms with E-state index >= 15 is 0 Å². The van der Waals surface area contributed by atoms with Gasteiger partial charge in [-0.25, -0.2) is 12.7 Å². The van der Waals surface area contributed by atoms with Crippen LogP contribution >= 0.6 is 0 Å². The van der Waals surface area contributed by atoms with E-state index in [4.69, 9.17) is 0 Å². The van der Waals surface area contributed by atoms with Gasteiger partial charge in [0.15, 0.2) is 0 Å². The van der Waals surface area contributed by atoms with Crippen LogP contribution in [0.25, 0.3) is 0 Å². The van der Waals surface area contributed by atoms with Crippen molar-refractivity contribution in [2.75, 3.05) is 0 Å². The van der Waals surface area contributed by atoms with E-state index in [1.54, 1.807) is 6.07 Å². The molecule has 1 aliphatic heterocycles. The number of hydrogen-bond acceptors (Lipinski definition) is 4. The van der Waals surface area contributed by atoms with Gasteiger partial charge in [0.2, 0.25) is 0 Å². The summed E-state index contributed by atoms with van der Waals surface area (Å²) in [7, 11) is -3.83. The van der Waals surface area contributed by atoms with E-state index in [9.17, 15) is 18.0 Å². The molecule has 0 radical (unpaired) electrons. The first-order valence-electron chi connectivity index (χ1n) is 8.93. The fraction of sp³-hybridized carbons (Fsp3) is 0.556. The summed E-state index contributed by atoms with van der Waals surface area (Å²) >= 11 is 0. The highest BCUT2D eigenvalue weighted by Crippen LogP contribution is 2.39. The van der Waals surface area contributed by atoms with Gasteiger partial charge < -0.3 is 5.32 Å². The molecule has 1 heterocycles. The van der Waals surface area contributed by atoms with Crippen molar-refractivity contribution in [2.24, 2.45) is 5.92 Å². The molecular weight excluding hydrogens is 340 g/mol. The Morgan fingerprint density at radius 3 is 2.56 bits per heavy atom. The molecule has 2 atom stereocenters. The second-order valence-corrected chi connectivity index (χ2v) is 9.17. The Kier molecular flexibility index (Phi) is 3.86. The number of carbonyl (C=O) groups excluding carboxylic acids is 2. The van der Waals surface area contributed by atoms with Gasteiger partial charge in [-0.15, -0.1) is 0 Å². The fourth-order valence-corrected chi connectivity index (χ4v) is 5.68. The highest BCUT2D eigenvalue weighted by atomic mass is 32.2. The molecule has 1 N–H and O–H groups in total. The predicted octanol–water partition coefficient (Wildman–Crippen LogP) is 2.30. The molecule has 7 heteroatoms. The van der Waals surface area contributed by atoms with Crippen molar-refractivity contribution in [1.29, 1.82) is 0 Å². The van der Waals surface area contributed by atoms with Gasteiger partial charge in [0.05, 0.1) is 5.56 Å². The van der Waals surface area contributed by atoms with Crippen molar-refractivity contribution in [3.05, 3.63) is 29.3 Å². The van der Waals surface area contributed by atoms with Crippen LogP contribution in [0.3, 0.4) is 0 Å². The monoisotopic (exact) mass is 362 g/mol. The van der Waals surface area contributed by atoms with Crippen LogP contribution in [-0.4, -0.2) is 36.6 Å². The number of amides is 2. The summed E-state index contributed by atoms with van der Waals surface area (Å²) in [5.41, 5.74) is 0.472. The first kappa shape index (κ1) is 16.6. The van der Waals surface area contributed by atoms with Crippen molar-refractivity contribution in [3.63, 3.8) is 0 Å². The number of nitrogens with one attached hydrogen (secondary N) is 1. The third-order valence-corrected chi connectivity index (χ3v) is 7.39. The molecule has 134 valence electrons. The van der Waals surface area contributed by atoms with Crippen LogP contribution in [0.2, 0.25) is 0 Å². The van der Waals surface area contributed by atoms with Gasteiger partial charge in [0.25, 0.3) is 21.8 Å². The fourth-order valence-electron chi connectivity index (χ4n) is 3.84. The maximum absolute atomic E-state index is 12.7. The molecule has 1 aromatic rings. The van der Waals surface area contributed by atoms with Crippen LogP contribution < -0.4 is 5.32 Å². The van der Waals surface area contributed by atoms with Crippen molar-refractivity contribution < 1.29 is 18.0 Å². The van der Waals surface area contributed by atoms with Crippen LogP contribution in [0.1, 0.15) is 66.2 Å². The topological polar surface area (TPSA) is 83.6 Å². The molecule has 2 amide bonds. The highest BCUT2D eigenvalue weighted by molar-refractivity contribution is 7.90. The molecule has 2 fully saturated rings. The Bertz CT molecular complexity index is 845. The molecular formula is C18H22N2O4S. The first-order valence-corrected chi connectivity index (χ1v) is 10.4. The Morgan fingerprint density at radius 1 is 1.16 bits per heavy atom. The molecule has 1 aromatic carbocycles. The van der Waals surface area contributed by atoms with Crippen molar-refractivity contribution in [1.82, 2.24) is 9.62 Å². The van der Waals surface area contributed by atoms with E-state index in [0.29, 0.717) is 24.3 Å². The smallest absolute Gasteiger partial charge is 0.269 e. The number of nitrogens with zero attached hydrogens (tertiary/aromatic N) is 1. The largest absolute Gasteiger partial charge is 0.349 e. The van der Waals surface area contributed by atoms with Gasteiger partial charge in [-0.05, 0) is 49.8 Å². The van der Waals surface area contributed by atoms with Crippen molar-refractivity contribution >= 4 is 21.8 Å². The standard InChI is InChI=1S/C18H22N2O4S/c1-11-4-2-3-5-15(11)19-17(21)12-6-9-14-16(10-12)25(23,24)20(18(14)22)13-7-8-13/h6,9-11,13,15H,2-5,7-8H2,1H3,(H,19,21). The van der Waals surface area contributed by atoms with Crippen molar-refractivity contribution in [2.45, 2.75) is 62.4 Å². The summed E-state index contributed by atoms with van der Waals surface area (Å²) < 4.78 is 26.3. The molecule has 2 aliphatic carbocycles. The zero-order valence-electron chi connectivity index (χ0n) is 14.2. The van der Waals surface area contributed by atoms with Crippen LogP contribution in [0, 0.1) is 5.92 Å². The van der Waals surface area contributed by atoms with Gasteiger partial charge in [-0.3, -0.25) is 9.59 Å². The van der Waals surface area contributed by atoms with E-state index in [0.717, 1.165) is 23.6 Å². The number of rotatable bonds is 3. The van der Waals surface area contributed by atoms with Gasteiger partial charge in [0.1, 0.15) is 4.90 Å². The minimum absolute atomic E-state index is 0.0336. The number of fused-ring (bicyclic) bond motifs is 1. The molecule has 0 spiro atoms. The summed E-state index contributed by atoms with van der Waals surface area (Å²) in [6.07, 6.45) is 5.75. The maximum atomic E-state index is 12.7. The lowest BCUT2D eigenvalue weighted by Crippen LogP contribution is -2.41. The number of hydrogen-bond donors (Lipinski definition) is 1. The molecule has 2 saturated carbocycles. The molecule has 2 unspecified atom stereocenters. The van der Waals surface area contributed by atoms with Crippen molar-refractivity contribution in [3.8, 4) is 0 Å². The Labute approximate surface area is 147 Å². The van der Waals surface area contributed by atoms with Crippen LogP contribution in [-0.2, 0) is 10.0 Å². The lowest BCUT2D eigenvalue weighted by molar-refractivity contribution is 0.0862. The Morgan fingerprint density at radius 2 is 1.88 bits per heavy atom. The summed E-state index contributed by atoms with van der Waals surface area (Å²) in [5, 5.41) is 3.03. The lowest BCUT2D eigenvalue weighted by Gasteiger charge is -2.29. The second kappa shape index (κ2) is 5.83. The van der Waals surface area contributed by atoms with Gasteiger partial charge in [-0.2, -0.15) is 0 Å². The third-order valence-electron chi connectivity index (χ3n) is 5.52.